The molecule has 5 nitrogen and oxygen atoms in total. The lowest BCUT2D eigenvalue weighted by atomic mass is 10.0. The second-order valence-corrected chi connectivity index (χ2v) is 6.78. The molecule has 0 saturated carbocycles. The first-order valence-corrected chi connectivity index (χ1v) is 8.76. The van der Waals surface area contributed by atoms with Crippen molar-refractivity contribution in [2.75, 3.05) is 5.32 Å². The van der Waals surface area contributed by atoms with Gasteiger partial charge in [-0.1, -0.05) is 73.0 Å². The largest absolute Gasteiger partial charge is 0.407 e. The van der Waals surface area contributed by atoms with E-state index in [0.29, 0.717) is 18.2 Å². The Bertz CT molecular complexity index is 865. The molecule has 26 heavy (non-hydrogen) atoms. The van der Waals surface area contributed by atoms with Gasteiger partial charge in [0.15, 0.2) is 0 Å². The Morgan fingerprint density at radius 2 is 1.65 bits per heavy atom. The Hall–Kier alpha value is -2.95. The van der Waals surface area contributed by atoms with Gasteiger partial charge >= 0.3 is 6.01 Å². The van der Waals surface area contributed by atoms with Gasteiger partial charge in [0, 0.05) is 0 Å². The maximum absolute atomic E-state index is 12.2. The molecule has 2 aromatic carbocycles. The molecule has 1 heterocycles. The van der Waals surface area contributed by atoms with Gasteiger partial charge in [0.25, 0.3) is 0 Å². The molecule has 1 aromatic heterocycles. The fourth-order valence-electron chi connectivity index (χ4n) is 2.63. The van der Waals surface area contributed by atoms with Crippen molar-refractivity contribution < 1.29 is 9.21 Å². The van der Waals surface area contributed by atoms with E-state index in [0.717, 1.165) is 11.1 Å². The maximum Gasteiger partial charge on any atom is 0.322 e. The number of aryl methyl sites for hydroxylation is 1. The van der Waals surface area contributed by atoms with Crippen molar-refractivity contribution in [2.45, 2.75) is 39.5 Å². The zero-order valence-corrected chi connectivity index (χ0v) is 15.3. The number of rotatable bonds is 6. The molecular formula is C21H23N3O2. The Labute approximate surface area is 153 Å². The number of benzene rings is 2. The summed E-state index contributed by atoms with van der Waals surface area (Å²) in [6.45, 7) is 6.33. The van der Waals surface area contributed by atoms with E-state index in [4.69, 9.17) is 4.42 Å². The van der Waals surface area contributed by atoms with E-state index >= 15 is 0 Å². The van der Waals surface area contributed by atoms with Crippen LogP contribution in [0.4, 0.5) is 6.01 Å². The minimum absolute atomic E-state index is 0.135. The van der Waals surface area contributed by atoms with Crippen LogP contribution < -0.4 is 5.32 Å². The second kappa shape index (κ2) is 7.95. The third kappa shape index (κ3) is 4.79. The normalized spacial score (nSPS) is 10.9. The lowest BCUT2D eigenvalue weighted by Crippen LogP contribution is -2.14. The summed E-state index contributed by atoms with van der Waals surface area (Å²) in [5, 5.41) is 10.6. The molecule has 0 radical (unpaired) electrons. The second-order valence-electron chi connectivity index (χ2n) is 6.78. The molecule has 0 aliphatic carbocycles. The Balaban J connectivity index is 1.56. The molecule has 0 atom stereocenters. The fraction of sp³-hybridized carbons (Fsp3) is 0.286. The van der Waals surface area contributed by atoms with Crippen LogP contribution in [0.3, 0.4) is 0 Å². The molecule has 0 spiro atoms. The SMILES string of the molecule is Cc1ccc(Cc2nnc(NC(=O)Cc3ccc(C(C)C)cc3)o2)cc1. The number of amides is 1. The highest BCUT2D eigenvalue weighted by Crippen LogP contribution is 2.16. The molecule has 0 unspecified atom stereocenters. The van der Waals surface area contributed by atoms with Crippen molar-refractivity contribution in [3.05, 3.63) is 76.7 Å². The van der Waals surface area contributed by atoms with Crippen LogP contribution in [0.25, 0.3) is 0 Å². The number of anilines is 1. The van der Waals surface area contributed by atoms with E-state index in [1.165, 1.54) is 11.1 Å². The number of aromatic nitrogens is 2. The van der Waals surface area contributed by atoms with E-state index < -0.39 is 0 Å². The number of nitrogens with zero attached hydrogens (tertiary/aromatic N) is 2. The highest BCUT2D eigenvalue weighted by atomic mass is 16.4. The lowest BCUT2D eigenvalue weighted by Gasteiger charge is -2.06. The molecule has 5 heteroatoms. The van der Waals surface area contributed by atoms with Gasteiger partial charge in [-0.3, -0.25) is 10.1 Å². The topological polar surface area (TPSA) is 68.0 Å². The van der Waals surface area contributed by atoms with Crippen molar-refractivity contribution in [3.63, 3.8) is 0 Å². The predicted molar refractivity (Wildman–Crippen MR) is 101 cm³/mol. The van der Waals surface area contributed by atoms with Crippen LogP contribution in [0.2, 0.25) is 0 Å². The van der Waals surface area contributed by atoms with Gasteiger partial charge in [-0.05, 0) is 29.5 Å². The highest BCUT2D eigenvalue weighted by molar-refractivity contribution is 5.90. The molecule has 3 rings (SSSR count). The Morgan fingerprint density at radius 3 is 2.31 bits per heavy atom. The van der Waals surface area contributed by atoms with Crippen LogP contribution >= 0.6 is 0 Å². The highest BCUT2D eigenvalue weighted by Gasteiger charge is 2.11. The smallest absolute Gasteiger partial charge is 0.322 e. The van der Waals surface area contributed by atoms with E-state index in [2.05, 4.69) is 41.5 Å². The van der Waals surface area contributed by atoms with Gasteiger partial charge in [-0.15, -0.1) is 5.10 Å². The zero-order chi connectivity index (χ0) is 18.5. The van der Waals surface area contributed by atoms with Crippen molar-refractivity contribution >= 4 is 11.9 Å². The monoisotopic (exact) mass is 349 g/mol. The van der Waals surface area contributed by atoms with Gasteiger partial charge in [0.1, 0.15) is 0 Å². The molecule has 0 aliphatic heterocycles. The van der Waals surface area contributed by atoms with Gasteiger partial charge in [0.2, 0.25) is 11.8 Å². The summed E-state index contributed by atoms with van der Waals surface area (Å²) < 4.78 is 5.52. The number of hydrogen-bond donors (Lipinski definition) is 1. The number of nitrogens with one attached hydrogen (secondary N) is 1. The van der Waals surface area contributed by atoms with Gasteiger partial charge in [-0.2, -0.15) is 0 Å². The first-order chi connectivity index (χ1) is 12.5. The first-order valence-electron chi connectivity index (χ1n) is 8.76. The molecule has 1 amide bonds. The lowest BCUT2D eigenvalue weighted by molar-refractivity contribution is -0.115. The molecule has 0 aliphatic rings. The standard InChI is InChI=1S/C21H23N3O2/c1-14(2)18-10-8-16(9-11-18)12-19(25)22-21-24-23-20(26-21)13-17-6-4-15(3)5-7-17/h4-11,14H,12-13H2,1-3H3,(H,22,24,25). The summed E-state index contributed by atoms with van der Waals surface area (Å²) in [5.41, 5.74) is 4.49. The minimum Gasteiger partial charge on any atom is -0.407 e. The maximum atomic E-state index is 12.2. The minimum atomic E-state index is -0.173. The van der Waals surface area contributed by atoms with E-state index in [1.807, 2.05) is 43.3 Å². The average molecular weight is 349 g/mol. The summed E-state index contributed by atoms with van der Waals surface area (Å²) in [5.74, 6) is 0.779. The van der Waals surface area contributed by atoms with Crippen LogP contribution in [0.5, 0.6) is 0 Å². The van der Waals surface area contributed by atoms with E-state index in [9.17, 15) is 4.79 Å². The Kier molecular flexibility index (Phi) is 5.46. The number of hydrogen-bond acceptors (Lipinski definition) is 4. The van der Waals surface area contributed by atoms with Crippen molar-refractivity contribution in [1.29, 1.82) is 0 Å². The average Bonchev–Trinajstić information content (AvgIpc) is 3.04. The van der Waals surface area contributed by atoms with Gasteiger partial charge < -0.3 is 4.42 Å². The summed E-state index contributed by atoms with van der Waals surface area (Å²) in [7, 11) is 0. The molecule has 0 saturated heterocycles. The molecule has 3 aromatic rings. The third-order valence-corrected chi connectivity index (χ3v) is 4.20. The summed E-state index contributed by atoms with van der Waals surface area (Å²) in [6, 6.07) is 16.3. The number of carbonyl (C=O) groups is 1. The van der Waals surface area contributed by atoms with Gasteiger partial charge in [0.05, 0.1) is 12.8 Å². The predicted octanol–water partition coefficient (Wildman–Crippen LogP) is 4.27. The Morgan fingerprint density at radius 1 is 1.00 bits per heavy atom. The fourth-order valence-corrected chi connectivity index (χ4v) is 2.63. The van der Waals surface area contributed by atoms with Crippen LogP contribution in [0.15, 0.2) is 52.9 Å². The van der Waals surface area contributed by atoms with Gasteiger partial charge in [-0.25, -0.2) is 0 Å². The van der Waals surface area contributed by atoms with Crippen molar-refractivity contribution in [3.8, 4) is 0 Å². The van der Waals surface area contributed by atoms with E-state index in [-0.39, 0.29) is 18.3 Å². The van der Waals surface area contributed by atoms with Crippen LogP contribution in [-0.2, 0) is 17.6 Å². The molecular weight excluding hydrogens is 326 g/mol. The molecule has 134 valence electrons. The van der Waals surface area contributed by atoms with Crippen LogP contribution in [-0.4, -0.2) is 16.1 Å². The third-order valence-electron chi connectivity index (χ3n) is 4.20. The first kappa shape index (κ1) is 17.9. The summed E-state index contributed by atoms with van der Waals surface area (Å²) in [6.07, 6.45) is 0.813. The van der Waals surface area contributed by atoms with Crippen molar-refractivity contribution in [1.82, 2.24) is 10.2 Å². The summed E-state index contributed by atoms with van der Waals surface area (Å²) >= 11 is 0. The quantitative estimate of drug-likeness (QED) is 0.721. The van der Waals surface area contributed by atoms with Crippen LogP contribution in [0.1, 0.15) is 47.9 Å². The summed E-state index contributed by atoms with van der Waals surface area (Å²) in [4.78, 5) is 12.2. The van der Waals surface area contributed by atoms with Crippen LogP contribution in [0, 0.1) is 6.92 Å². The molecule has 0 bridgehead atoms. The molecule has 0 fully saturated rings. The zero-order valence-electron chi connectivity index (χ0n) is 15.3. The molecule has 1 N–H and O–H groups in total. The van der Waals surface area contributed by atoms with Crippen molar-refractivity contribution in [2.24, 2.45) is 0 Å². The van der Waals surface area contributed by atoms with E-state index in [1.54, 1.807) is 0 Å². The number of carbonyl (C=O) groups excluding carboxylic acids is 1.